The van der Waals surface area contributed by atoms with Crippen LogP contribution < -0.4 is 15.5 Å². The van der Waals surface area contributed by atoms with E-state index in [2.05, 4.69) is 187 Å². The molecule has 2 aliphatic heterocycles. The fourth-order valence-electron chi connectivity index (χ4n) is 10.5. The highest BCUT2D eigenvalue weighted by molar-refractivity contribution is 6.33. The van der Waals surface area contributed by atoms with Crippen molar-refractivity contribution in [1.82, 2.24) is 0 Å². The highest BCUT2D eigenvalue weighted by Crippen LogP contribution is 2.51. The van der Waals surface area contributed by atoms with E-state index < -0.39 is 0 Å². The number of likely N-dealkylation sites (N-methyl/N-ethyl adjacent to an activating group) is 1. The lowest BCUT2D eigenvalue weighted by Crippen LogP contribution is -2.26. The summed E-state index contributed by atoms with van der Waals surface area (Å²) in [7, 11) is 4.52. The van der Waals surface area contributed by atoms with Crippen molar-refractivity contribution in [3.63, 3.8) is 0 Å². The number of halogens is 1. The molecule has 338 valence electrons. The molecule has 0 aromatic heterocycles. The van der Waals surface area contributed by atoms with Crippen molar-refractivity contribution in [2.24, 2.45) is 0 Å². The van der Waals surface area contributed by atoms with E-state index in [-0.39, 0.29) is 10.8 Å². The lowest BCUT2D eigenvalue weighted by molar-refractivity contribution is -0.402. The minimum atomic E-state index is -0.173. The molecule has 0 unspecified atom stereocenters. The Kier molecular flexibility index (Phi) is 15.2. The van der Waals surface area contributed by atoms with Crippen LogP contribution in [0.2, 0.25) is 0 Å². The fraction of sp³-hybridized carbons (Fsp3) is 0.441. The number of rotatable bonds is 19. The summed E-state index contributed by atoms with van der Waals surface area (Å²) in [6, 6.07) is 27.3. The molecule has 2 heterocycles. The smallest absolute Gasteiger partial charge is 0.212 e. The van der Waals surface area contributed by atoms with Crippen molar-refractivity contribution in [2.75, 3.05) is 29.6 Å². The maximum Gasteiger partial charge on any atom is 0.212 e. The Hall–Kier alpha value is -4.80. The first-order chi connectivity index (χ1) is 30.8. The summed E-state index contributed by atoms with van der Waals surface area (Å²) in [5, 5.41) is 8.64. The molecular formula is C59H76ClN4+. The van der Waals surface area contributed by atoms with Gasteiger partial charge in [0.25, 0.3) is 0 Å². The zero-order chi connectivity index (χ0) is 45.6. The summed E-state index contributed by atoms with van der Waals surface area (Å²) in [5.41, 5.74) is 20.6. The van der Waals surface area contributed by atoms with Crippen LogP contribution in [0.4, 0.5) is 34.1 Å². The van der Waals surface area contributed by atoms with Crippen LogP contribution in [0.25, 0.3) is 0 Å². The lowest BCUT2D eigenvalue weighted by atomic mass is 9.80. The molecule has 0 radical (unpaired) electrons. The van der Waals surface area contributed by atoms with E-state index in [1.807, 2.05) is 0 Å². The van der Waals surface area contributed by atoms with Crippen LogP contribution in [-0.4, -0.2) is 24.4 Å². The van der Waals surface area contributed by atoms with Gasteiger partial charge in [0, 0.05) is 68.8 Å². The first-order valence-corrected chi connectivity index (χ1v) is 25.1. The number of fused-ring (bicyclic) bond motifs is 2. The van der Waals surface area contributed by atoms with Crippen LogP contribution in [-0.2, 0) is 36.5 Å². The summed E-state index contributed by atoms with van der Waals surface area (Å²) in [6.07, 6.45) is 25.0. The second-order valence-corrected chi connectivity index (χ2v) is 20.1. The number of para-hydroxylation sites is 2. The molecule has 64 heavy (non-hydrogen) atoms. The minimum absolute atomic E-state index is 0.173. The SMILES string of the molecule is CCCCc1ccccc1Nc1cc(CCCC)c2c(c1)C(C)(C)C(/C=C/C1=C(Cl)C(=C/C=C3\N(C)c4c(CCCC)cc(Nc5ccccc5CCCC)cc4C3(C)C)/CC1)=[N+]2C. The number of hydrogen-bond acceptors (Lipinski definition) is 3. The van der Waals surface area contributed by atoms with Gasteiger partial charge in [-0.1, -0.05) is 127 Å². The van der Waals surface area contributed by atoms with Crippen LogP contribution in [0.1, 0.15) is 153 Å². The molecule has 0 bridgehead atoms. The Bertz CT molecular complexity index is 2490. The average molecular weight is 877 g/mol. The average Bonchev–Trinajstić information content (AvgIpc) is 3.80. The van der Waals surface area contributed by atoms with E-state index in [1.165, 1.54) is 141 Å². The molecule has 4 nitrogen and oxygen atoms in total. The van der Waals surface area contributed by atoms with Gasteiger partial charge in [0.15, 0.2) is 5.71 Å². The van der Waals surface area contributed by atoms with Crippen LogP contribution in [0.3, 0.4) is 0 Å². The van der Waals surface area contributed by atoms with Gasteiger partial charge in [0.2, 0.25) is 5.69 Å². The molecule has 4 aromatic carbocycles. The Morgan fingerprint density at radius 2 is 1.14 bits per heavy atom. The number of allylic oxidation sites excluding steroid dienone is 8. The maximum absolute atomic E-state index is 7.34. The van der Waals surface area contributed by atoms with E-state index in [9.17, 15) is 0 Å². The molecule has 0 saturated carbocycles. The first-order valence-electron chi connectivity index (χ1n) is 24.7. The van der Waals surface area contributed by atoms with E-state index in [1.54, 1.807) is 0 Å². The van der Waals surface area contributed by atoms with Gasteiger partial charge in [0.05, 0.1) is 5.41 Å². The molecule has 7 rings (SSSR count). The molecule has 4 aromatic rings. The topological polar surface area (TPSA) is 30.3 Å². The molecule has 3 aliphatic rings. The molecule has 0 atom stereocenters. The van der Waals surface area contributed by atoms with Crippen molar-refractivity contribution >= 4 is 51.4 Å². The number of nitrogens with one attached hydrogen (secondary N) is 2. The summed E-state index contributed by atoms with van der Waals surface area (Å²) in [4.78, 5) is 2.46. The first kappa shape index (κ1) is 47.2. The summed E-state index contributed by atoms with van der Waals surface area (Å²) in [5.74, 6) is 0. The molecular weight excluding hydrogens is 800 g/mol. The Morgan fingerprint density at radius 3 is 1.72 bits per heavy atom. The quantitative estimate of drug-likeness (QED) is 0.0920. The second kappa shape index (κ2) is 20.6. The Morgan fingerprint density at radius 1 is 0.625 bits per heavy atom. The third kappa shape index (κ3) is 9.74. The van der Waals surface area contributed by atoms with Gasteiger partial charge >= 0.3 is 0 Å². The van der Waals surface area contributed by atoms with Crippen LogP contribution in [0, 0.1) is 0 Å². The Labute approximate surface area is 392 Å². The number of anilines is 5. The Balaban J connectivity index is 1.16. The van der Waals surface area contributed by atoms with Gasteiger partial charge in [-0.25, -0.2) is 0 Å². The number of benzene rings is 4. The van der Waals surface area contributed by atoms with Crippen molar-refractivity contribution < 1.29 is 4.58 Å². The molecule has 5 heteroatoms. The van der Waals surface area contributed by atoms with E-state index in [0.29, 0.717) is 0 Å². The molecule has 1 aliphatic carbocycles. The van der Waals surface area contributed by atoms with Crippen molar-refractivity contribution in [3.8, 4) is 0 Å². The molecule has 0 saturated heterocycles. The molecule has 0 fully saturated rings. The van der Waals surface area contributed by atoms with Gasteiger partial charge in [-0.05, 0) is 154 Å². The van der Waals surface area contributed by atoms with E-state index >= 15 is 0 Å². The highest BCUT2D eigenvalue weighted by Gasteiger charge is 2.45. The zero-order valence-corrected chi connectivity index (χ0v) is 41.7. The summed E-state index contributed by atoms with van der Waals surface area (Å²) < 4.78 is 2.46. The highest BCUT2D eigenvalue weighted by atomic mass is 35.5. The molecule has 0 amide bonds. The second-order valence-electron chi connectivity index (χ2n) is 19.7. The van der Waals surface area contributed by atoms with Crippen LogP contribution in [0.5, 0.6) is 0 Å². The van der Waals surface area contributed by atoms with Crippen molar-refractivity contribution in [2.45, 2.75) is 156 Å². The van der Waals surface area contributed by atoms with Gasteiger partial charge in [-0.3, -0.25) is 0 Å². The van der Waals surface area contributed by atoms with E-state index in [4.69, 9.17) is 11.6 Å². The maximum atomic E-state index is 7.34. The predicted octanol–water partition coefficient (Wildman–Crippen LogP) is 16.6. The monoisotopic (exact) mass is 876 g/mol. The normalized spacial score (nSPS) is 17.7. The van der Waals surface area contributed by atoms with Gasteiger partial charge in [-0.2, -0.15) is 4.58 Å². The number of aryl methyl sites for hydroxylation is 4. The zero-order valence-electron chi connectivity index (χ0n) is 40.9. The number of hydrogen-bond donors (Lipinski definition) is 2. The molecule has 0 spiro atoms. The third-order valence-electron chi connectivity index (χ3n) is 14.3. The minimum Gasteiger partial charge on any atom is -0.355 e. The molecule has 2 N–H and O–H groups in total. The predicted molar refractivity (Wildman–Crippen MR) is 280 cm³/mol. The summed E-state index contributed by atoms with van der Waals surface area (Å²) in [6.45, 7) is 18.7. The van der Waals surface area contributed by atoms with E-state index in [0.717, 1.165) is 43.6 Å². The summed E-state index contributed by atoms with van der Waals surface area (Å²) >= 11 is 7.34. The third-order valence-corrected chi connectivity index (χ3v) is 14.8. The van der Waals surface area contributed by atoms with Gasteiger partial charge in [0.1, 0.15) is 7.05 Å². The van der Waals surface area contributed by atoms with Crippen LogP contribution in [0.15, 0.2) is 119 Å². The largest absolute Gasteiger partial charge is 0.355 e. The van der Waals surface area contributed by atoms with Gasteiger partial charge in [-0.15, -0.1) is 0 Å². The van der Waals surface area contributed by atoms with Crippen LogP contribution >= 0.6 is 11.6 Å². The number of nitrogens with zero attached hydrogens (tertiary/aromatic N) is 2. The lowest BCUT2D eigenvalue weighted by Gasteiger charge is -2.24. The standard InChI is InChI=1S/C59H76ClN4/c1-11-15-23-41-27-19-21-29-51(41)61-47-37-45(25-17-13-3)56-49(39-47)58(5,6)53(63(56)9)35-33-43-31-32-44(55(43)60)34-36-54-59(7,8)50-40-48(38-46(26-18-14-4)57(50)64(54)10)62-52-30-22-20-28-42(52)24-16-12-2/h19-22,27-30,33-40,61-62H,11-18,23-26,31-32H2,1-10H3/q+1. The van der Waals surface area contributed by atoms with Gasteiger partial charge < -0.3 is 15.5 Å². The fourth-order valence-corrected chi connectivity index (χ4v) is 10.8. The van der Waals surface area contributed by atoms with Crippen molar-refractivity contribution in [3.05, 3.63) is 152 Å². The number of unbranched alkanes of at least 4 members (excludes halogenated alkanes) is 4. The van der Waals surface area contributed by atoms with Crippen molar-refractivity contribution in [1.29, 1.82) is 0 Å².